The fraction of sp³-hybridized carbons (Fsp3) is 0. The molecule has 0 spiro atoms. The largest absolute Gasteiger partial charge is 0.423 e. The van der Waals surface area contributed by atoms with Crippen molar-refractivity contribution in [1.29, 1.82) is 0 Å². The highest BCUT2D eigenvalue weighted by Crippen LogP contribution is 2.18. The summed E-state index contributed by atoms with van der Waals surface area (Å²) in [6, 6.07) is 12.0. The Morgan fingerprint density at radius 3 is 2.40 bits per heavy atom. The van der Waals surface area contributed by atoms with Crippen LogP contribution in [0, 0.1) is 11.6 Å². The first-order valence-electron chi connectivity index (χ1n) is 5.66. The number of carbonyl (C=O) groups excluding carboxylic acids is 1. The zero-order valence-electron chi connectivity index (χ0n) is 10.1. The van der Waals surface area contributed by atoms with Crippen LogP contribution in [0.25, 0.3) is 6.08 Å². The highest BCUT2D eigenvalue weighted by molar-refractivity contribution is 14.1. The SMILES string of the molecule is O=C(Oc1ccccc1)/C(I)=C/c1ccc(F)c(F)c1. The number of halogens is 3. The van der Waals surface area contributed by atoms with Gasteiger partial charge >= 0.3 is 5.97 Å². The van der Waals surface area contributed by atoms with Crippen molar-refractivity contribution < 1.29 is 18.3 Å². The van der Waals surface area contributed by atoms with Crippen LogP contribution in [0.15, 0.2) is 52.1 Å². The van der Waals surface area contributed by atoms with Crippen LogP contribution in [-0.4, -0.2) is 5.97 Å². The molecule has 0 saturated carbocycles. The summed E-state index contributed by atoms with van der Waals surface area (Å²) in [6.45, 7) is 0. The van der Waals surface area contributed by atoms with Gasteiger partial charge in [0, 0.05) is 0 Å². The monoisotopic (exact) mass is 386 g/mol. The fourth-order valence-electron chi connectivity index (χ4n) is 1.45. The molecule has 0 saturated heterocycles. The average Bonchev–Trinajstić information content (AvgIpc) is 2.44. The maximum absolute atomic E-state index is 13.1. The van der Waals surface area contributed by atoms with Gasteiger partial charge in [0.2, 0.25) is 0 Å². The molecule has 0 radical (unpaired) electrons. The molecule has 2 rings (SSSR count). The van der Waals surface area contributed by atoms with Crippen LogP contribution in [0.4, 0.5) is 8.78 Å². The van der Waals surface area contributed by atoms with Gasteiger partial charge in [-0.05, 0) is 58.5 Å². The predicted octanol–water partition coefficient (Wildman–Crippen LogP) is 4.35. The predicted molar refractivity (Wildman–Crippen MR) is 80.4 cm³/mol. The minimum absolute atomic E-state index is 0.262. The summed E-state index contributed by atoms with van der Waals surface area (Å²) in [5, 5.41) is 0. The highest BCUT2D eigenvalue weighted by atomic mass is 127. The Hall–Kier alpha value is -1.76. The van der Waals surface area contributed by atoms with E-state index in [2.05, 4.69) is 0 Å². The van der Waals surface area contributed by atoms with Crippen LogP contribution in [0.2, 0.25) is 0 Å². The van der Waals surface area contributed by atoms with Crippen molar-refractivity contribution in [2.75, 3.05) is 0 Å². The van der Waals surface area contributed by atoms with E-state index in [1.165, 1.54) is 12.1 Å². The molecule has 102 valence electrons. The molecule has 0 amide bonds. The Morgan fingerprint density at radius 1 is 1.05 bits per heavy atom. The summed E-state index contributed by atoms with van der Waals surface area (Å²) in [5.74, 6) is -2.02. The lowest BCUT2D eigenvalue weighted by molar-refractivity contribution is -0.129. The summed E-state index contributed by atoms with van der Waals surface area (Å²) in [5.41, 5.74) is 0.387. The maximum Gasteiger partial charge on any atom is 0.349 e. The van der Waals surface area contributed by atoms with Crippen molar-refractivity contribution in [2.45, 2.75) is 0 Å². The van der Waals surface area contributed by atoms with Crippen molar-refractivity contribution in [3.8, 4) is 5.75 Å². The Bertz CT molecular complexity index is 654. The molecule has 0 atom stereocenters. The Balaban J connectivity index is 2.13. The molecule has 5 heteroatoms. The summed E-state index contributed by atoms with van der Waals surface area (Å²) in [7, 11) is 0. The molecule has 0 bridgehead atoms. The second-order valence-corrected chi connectivity index (χ2v) is 5.03. The molecule has 2 aromatic carbocycles. The van der Waals surface area contributed by atoms with E-state index in [-0.39, 0.29) is 3.58 Å². The van der Waals surface area contributed by atoms with Crippen LogP contribution >= 0.6 is 22.6 Å². The smallest absolute Gasteiger partial charge is 0.349 e. The molecule has 0 heterocycles. The van der Waals surface area contributed by atoms with Gasteiger partial charge in [-0.3, -0.25) is 0 Å². The van der Waals surface area contributed by atoms with Gasteiger partial charge in [0.05, 0.1) is 3.58 Å². The first kappa shape index (κ1) is 14.6. The Morgan fingerprint density at radius 2 is 1.75 bits per heavy atom. The van der Waals surface area contributed by atoms with Crippen molar-refractivity contribution in [3.05, 3.63) is 69.3 Å². The minimum atomic E-state index is -0.959. The number of hydrogen-bond acceptors (Lipinski definition) is 2. The third-order valence-electron chi connectivity index (χ3n) is 2.39. The first-order chi connectivity index (χ1) is 9.56. The van der Waals surface area contributed by atoms with Crippen LogP contribution in [0.3, 0.4) is 0 Å². The van der Waals surface area contributed by atoms with Gasteiger partial charge in [0.25, 0.3) is 0 Å². The lowest BCUT2D eigenvalue weighted by atomic mass is 10.2. The molecular weight excluding hydrogens is 377 g/mol. The number of rotatable bonds is 3. The summed E-state index contributed by atoms with van der Waals surface area (Å²) < 4.78 is 31.2. The molecule has 0 aliphatic heterocycles. The van der Waals surface area contributed by atoms with E-state index in [1.807, 2.05) is 0 Å². The van der Waals surface area contributed by atoms with Crippen LogP contribution in [0.1, 0.15) is 5.56 Å². The number of hydrogen-bond donors (Lipinski definition) is 0. The minimum Gasteiger partial charge on any atom is -0.423 e. The van der Waals surface area contributed by atoms with Gasteiger partial charge in [-0.1, -0.05) is 24.3 Å². The lowest BCUT2D eigenvalue weighted by Gasteiger charge is -2.03. The summed E-state index contributed by atoms with van der Waals surface area (Å²) >= 11 is 1.79. The molecule has 0 N–H and O–H groups in total. The number of ether oxygens (including phenoxy) is 1. The second-order valence-electron chi connectivity index (χ2n) is 3.87. The third-order valence-corrected chi connectivity index (χ3v) is 3.14. The van der Waals surface area contributed by atoms with E-state index >= 15 is 0 Å². The van der Waals surface area contributed by atoms with Crippen molar-refractivity contribution in [2.24, 2.45) is 0 Å². The van der Waals surface area contributed by atoms with Crippen molar-refractivity contribution in [1.82, 2.24) is 0 Å². The maximum atomic E-state index is 13.1. The van der Waals surface area contributed by atoms with E-state index in [1.54, 1.807) is 52.9 Å². The van der Waals surface area contributed by atoms with Gasteiger partial charge < -0.3 is 4.74 Å². The van der Waals surface area contributed by atoms with E-state index in [4.69, 9.17) is 4.74 Å². The molecule has 0 aromatic heterocycles. The summed E-state index contributed by atoms with van der Waals surface area (Å²) in [4.78, 5) is 11.8. The van der Waals surface area contributed by atoms with E-state index in [0.29, 0.717) is 11.3 Å². The third kappa shape index (κ3) is 3.86. The summed E-state index contributed by atoms with van der Waals surface area (Å²) in [6.07, 6.45) is 1.42. The molecule has 0 unspecified atom stereocenters. The second kappa shape index (κ2) is 6.60. The lowest BCUT2D eigenvalue weighted by Crippen LogP contribution is -2.07. The first-order valence-corrected chi connectivity index (χ1v) is 6.73. The Kier molecular flexibility index (Phi) is 4.84. The van der Waals surface area contributed by atoms with Gasteiger partial charge in [0.1, 0.15) is 5.75 Å². The van der Waals surface area contributed by atoms with E-state index in [0.717, 1.165) is 12.1 Å². The normalized spacial score (nSPS) is 11.2. The quantitative estimate of drug-likeness (QED) is 0.340. The molecule has 0 fully saturated rings. The van der Waals surface area contributed by atoms with Gasteiger partial charge in [-0.25, -0.2) is 13.6 Å². The molecule has 0 aliphatic rings. The molecule has 20 heavy (non-hydrogen) atoms. The number of carbonyl (C=O) groups is 1. The zero-order chi connectivity index (χ0) is 14.5. The Labute approximate surface area is 128 Å². The van der Waals surface area contributed by atoms with Crippen molar-refractivity contribution >= 4 is 34.6 Å². The average molecular weight is 386 g/mol. The van der Waals surface area contributed by atoms with E-state index in [9.17, 15) is 13.6 Å². The van der Waals surface area contributed by atoms with Gasteiger partial charge in [-0.2, -0.15) is 0 Å². The highest BCUT2D eigenvalue weighted by Gasteiger charge is 2.10. The van der Waals surface area contributed by atoms with Crippen LogP contribution in [-0.2, 0) is 4.79 Å². The zero-order valence-corrected chi connectivity index (χ0v) is 12.3. The van der Waals surface area contributed by atoms with Gasteiger partial charge in [0.15, 0.2) is 11.6 Å². The van der Waals surface area contributed by atoms with Crippen LogP contribution in [0.5, 0.6) is 5.75 Å². The molecule has 2 nitrogen and oxygen atoms in total. The topological polar surface area (TPSA) is 26.3 Å². The number of para-hydroxylation sites is 1. The van der Waals surface area contributed by atoms with E-state index < -0.39 is 17.6 Å². The molecular formula is C15H9F2IO2. The molecule has 2 aromatic rings. The number of benzene rings is 2. The van der Waals surface area contributed by atoms with Crippen molar-refractivity contribution in [3.63, 3.8) is 0 Å². The number of esters is 1. The standard InChI is InChI=1S/C15H9F2IO2/c16-12-7-6-10(8-13(12)17)9-14(18)15(19)20-11-4-2-1-3-5-11/h1-9H/b14-9-. The fourth-order valence-corrected chi connectivity index (χ4v) is 1.92. The molecule has 0 aliphatic carbocycles. The van der Waals surface area contributed by atoms with Gasteiger partial charge in [-0.15, -0.1) is 0 Å². The van der Waals surface area contributed by atoms with Crippen LogP contribution < -0.4 is 4.74 Å².